The second-order valence-electron chi connectivity index (χ2n) is 2.74. The molecular weight excluding hydrogens is 152 g/mol. The number of nitrogen functional groups attached to an aromatic ring is 2. The molecule has 0 bridgehead atoms. The van der Waals surface area contributed by atoms with Gasteiger partial charge in [-0.15, -0.1) is 0 Å². The van der Waals surface area contributed by atoms with Crippen LogP contribution in [0.1, 0.15) is 0 Å². The Balaban J connectivity index is 2.97. The molecule has 12 heavy (non-hydrogen) atoms. The third-order valence-corrected chi connectivity index (χ3v) is 1.96. The third kappa shape index (κ3) is 0.747. The van der Waals surface area contributed by atoms with Crippen molar-refractivity contribution in [3.63, 3.8) is 0 Å². The van der Waals surface area contributed by atoms with Gasteiger partial charge in [0.2, 0.25) is 5.95 Å². The van der Waals surface area contributed by atoms with Crippen molar-refractivity contribution in [2.75, 3.05) is 11.5 Å². The summed E-state index contributed by atoms with van der Waals surface area (Å²) in [5, 5.41) is 0. The molecule has 4 nitrogen and oxygen atoms in total. The summed E-state index contributed by atoms with van der Waals surface area (Å²) < 4.78 is 1.78. The van der Waals surface area contributed by atoms with Crippen molar-refractivity contribution in [3.8, 4) is 0 Å². The topological polar surface area (TPSA) is 69.9 Å². The second kappa shape index (κ2) is 2.14. The van der Waals surface area contributed by atoms with E-state index in [2.05, 4.69) is 4.98 Å². The number of aromatic nitrogens is 2. The molecule has 0 radical (unpaired) electrons. The SMILES string of the molecule is Cn1c(N)nc2cccc(N)c21. The fourth-order valence-electron chi connectivity index (χ4n) is 1.32. The van der Waals surface area contributed by atoms with E-state index >= 15 is 0 Å². The molecule has 0 spiro atoms. The number of nitrogens with two attached hydrogens (primary N) is 2. The zero-order chi connectivity index (χ0) is 8.72. The number of rotatable bonds is 0. The number of imidazole rings is 1. The first-order chi connectivity index (χ1) is 5.70. The summed E-state index contributed by atoms with van der Waals surface area (Å²) >= 11 is 0. The van der Waals surface area contributed by atoms with Gasteiger partial charge in [-0.05, 0) is 12.1 Å². The molecule has 4 heteroatoms. The standard InChI is InChI=1S/C8H10N4/c1-12-7-5(9)3-2-4-6(7)11-8(12)10/h2-4H,9H2,1H3,(H2,10,11). The van der Waals surface area contributed by atoms with Crippen molar-refractivity contribution in [1.82, 2.24) is 9.55 Å². The van der Waals surface area contributed by atoms with E-state index in [0.29, 0.717) is 11.6 Å². The van der Waals surface area contributed by atoms with Crippen LogP contribution in [0.25, 0.3) is 11.0 Å². The van der Waals surface area contributed by atoms with Crippen molar-refractivity contribution in [3.05, 3.63) is 18.2 Å². The molecule has 0 aliphatic heterocycles. The summed E-state index contributed by atoms with van der Waals surface area (Å²) in [5.41, 5.74) is 13.8. The first kappa shape index (κ1) is 6.97. The number of benzene rings is 1. The lowest BCUT2D eigenvalue weighted by Gasteiger charge is -1.98. The molecule has 2 rings (SSSR count). The van der Waals surface area contributed by atoms with E-state index in [0.717, 1.165) is 11.0 Å². The predicted molar refractivity (Wildman–Crippen MR) is 49.5 cm³/mol. The average molecular weight is 162 g/mol. The highest BCUT2D eigenvalue weighted by molar-refractivity contribution is 5.89. The predicted octanol–water partition coefficient (Wildman–Crippen LogP) is 0.738. The average Bonchev–Trinajstić information content (AvgIpc) is 2.29. The van der Waals surface area contributed by atoms with Crippen LogP contribution in [0.5, 0.6) is 0 Å². The number of hydrogen-bond acceptors (Lipinski definition) is 3. The van der Waals surface area contributed by atoms with Crippen LogP contribution in [0, 0.1) is 0 Å². The normalized spacial score (nSPS) is 10.8. The maximum absolute atomic E-state index is 5.75. The summed E-state index contributed by atoms with van der Waals surface area (Å²) in [6.07, 6.45) is 0. The fraction of sp³-hybridized carbons (Fsp3) is 0.125. The maximum Gasteiger partial charge on any atom is 0.200 e. The van der Waals surface area contributed by atoms with Crippen LogP contribution in [0.4, 0.5) is 11.6 Å². The minimum absolute atomic E-state index is 0.489. The van der Waals surface area contributed by atoms with E-state index in [-0.39, 0.29) is 0 Å². The van der Waals surface area contributed by atoms with Crippen LogP contribution in [0.2, 0.25) is 0 Å². The lowest BCUT2D eigenvalue weighted by atomic mass is 10.3. The highest BCUT2D eigenvalue weighted by atomic mass is 15.1. The van der Waals surface area contributed by atoms with Crippen LogP contribution < -0.4 is 11.5 Å². The molecule has 0 unspecified atom stereocenters. The van der Waals surface area contributed by atoms with E-state index < -0.39 is 0 Å². The smallest absolute Gasteiger partial charge is 0.200 e. The molecule has 0 aliphatic rings. The van der Waals surface area contributed by atoms with Gasteiger partial charge in [0.15, 0.2) is 0 Å². The van der Waals surface area contributed by atoms with E-state index in [1.54, 1.807) is 4.57 Å². The zero-order valence-electron chi connectivity index (χ0n) is 6.78. The number of hydrogen-bond donors (Lipinski definition) is 2. The minimum Gasteiger partial charge on any atom is -0.397 e. The van der Waals surface area contributed by atoms with Gasteiger partial charge in [-0.1, -0.05) is 6.07 Å². The summed E-state index contributed by atoms with van der Waals surface area (Å²) in [6, 6.07) is 5.59. The molecule has 0 atom stereocenters. The Morgan fingerprint density at radius 1 is 1.33 bits per heavy atom. The van der Waals surface area contributed by atoms with Crippen molar-refractivity contribution >= 4 is 22.7 Å². The highest BCUT2D eigenvalue weighted by Crippen LogP contribution is 2.21. The molecule has 62 valence electrons. The van der Waals surface area contributed by atoms with Crippen molar-refractivity contribution in [2.24, 2.45) is 7.05 Å². The fourth-order valence-corrected chi connectivity index (χ4v) is 1.32. The van der Waals surface area contributed by atoms with Crippen LogP contribution in [0.3, 0.4) is 0 Å². The first-order valence-electron chi connectivity index (χ1n) is 3.66. The van der Waals surface area contributed by atoms with Crippen molar-refractivity contribution < 1.29 is 0 Å². The molecule has 0 saturated carbocycles. The summed E-state index contributed by atoms with van der Waals surface area (Å²) in [6.45, 7) is 0. The van der Waals surface area contributed by atoms with Gasteiger partial charge in [-0.25, -0.2) is 4.98 Å². The molecular formula is C8H10N4. The summed E-state index contributed by atoms with van der Waals surface area (Å²) in [5.74, 6) is 0.489. The number of fused-ring (bicyclic) bond motifs is 1. The Labute approximate surface area is 69.8 Å². The molecule has 4 N–H and O–H groups in total. The molecule has 0 amide bonds. The Morgan fingerprint density at radius 3 is 2.75 bits per heavy atom. The monoisotopic (exact) mass is 162 g/mol. The van der Waals surface area contributed by atoms with E-state index in [4.69, 9.17) is 11.5 Å². The van der Waals surface area contributed by atoms with Crippen LogP contribution in [-0.2, 0) is 7.05 Å². The first-order valence-corrected chi connectivity index (χ1v) is 3.66. The van der Waals surface area contributed by atoms with Gasteiger partial charge in [0.1, 0.15) is 0 Å². The van der Waals surface area contributed by atoms with Gasteiger partial charge < -0.3 is 16.0 Å². The lowest BCUT2D eigenvalue weighted by molar-refractivity contribution is 0.966. The molecule has 1 aromatic heterocycles. The Kier molecular flexibility index (Phi) is 1.24. The van der Waals surface area contributed by atoms with Crippen LogP contribution in [0.15, 0.2) is 18.2 Å². The lowest BCUT2D eigenvalue weighted by Crippen LogP contribution is -1.98. The van der Waals surface area contributed by atoms with Gasteiger partial charge in [0.25, 0.3) is 0 Å². The number of para-hydroxylation sites is 1. The van der Waals surface area contributed by atoms with Gasteiger partial charge in [0.05, 0.1) is 16.7 Å². The minimum atomic E-state index is 0.489. The van der Waals surface area contributed by atoms with Crippen LogP contribution in [-0.4, -0.2) is 9.55 Å². The molecule has 0 aliphatic carbocycles. The van der Waals surface area contributed by atoms with E-state index in [1.807, 2.05) is 25.2 Å². The summed E-state index contributed by atoms with van der Waals surface area (Å²) in [4.78, 5) is 4.13. The largest absolute Gasteiger partial charge is 0.397 e. The molecule has 2 aromatic rings. The van der Waals surface area contributed by atoms with Gasteiger partial charge >= 0.3 is 0 Å². The number of nitrogens with zero attached hydrogens (tertiary/aromatic N) is 2. The molecule has 0 fully saturated rings. The van der Waals surface area contributed by atoms with Crippen LogP contribution >= 0.6 is 0 Å². The van der Waals surface area contributed by atoms with Crippen molar-refractivity contribution in [1.29, 1.82) is 0 Å². The summed E-state index contributed by atoms with van der Waals surface area (Å²) in [7, 11) is 1.85. The quantitative estimate of drug-likeness (QED) is 0.561. The van der Waals surface area contributed by atoms with Gasteiger partial charge in [0, 0.05) is 7.05 Å². The molecule has 1 heterocycles. The zero-order valence-corrected chi connectivity index (χ0v) is 6.78. The maximum atomic E-state index is 5.75. The second-order valence-corrected chi connectivity index (χ2v) is 2.74. The molecule has 0 saturated heterocycles. The molecule has 1 aromatic carbocycles. The highest BCUT2D eigenvalue weighted by Gasteiger charge is 2.05. The van der Waals surface area contributed by atoms with E-state index in [1.165, 1.54) is 0 Å². The Bertz CT molecular complexity index is 430. The van der Waals surface area contributed by atoms with E-state index in [9.17, 15) is 0 Å². The van der Waals surface area contributed by atoms with Crippen molar-refractivity contribution in [2.45, 2.75) is 0 Å². The van der Waals surface area contributed by atoms with Gasteiger partial charge in [-0.3, -0.25) is 0 Å². The number of aryl methyl sites for hydroxylation is 1. The number of anilines is 2. The third-order valence-electron chi connectivity index (χ3n) is 1.96. The Morgan fingerprint density at radius 2 is 2.08 bits per heavy atom. The van der Waals surface area contributed by atoms with Gasteiger partial charge in [-0.2, -0.15) is 0 Å². The Hall–Kier alpha value is -1.71.